The molecule has 1 aliphatic rings. The predicted octanol–water partition coefficient (Wildman–Crippen LogP) is 1.28. The van der Waals surface area contributed by atoms with E-state index < -0.39 is 0 Å². The molecule has 4 heterocycles. The number of thiazole rings is 1. The van der Waals surface area contributed by atoms with E-state index in [-0.39, 0.29) is 16.2 Å². The first kappa shape index (κ1) is 18.6. The molecular weight excluding hydrogens is 382 g/mol. The minimum atomic E-state index is -0.332. The average molecular weight is 403 g/mol. The number of fused-ring (bicyclic) bond motifs is 1. The summed E-state index contributed by atoms with van der Waals surface area (Å²) in [5.74, 6) is 0.567. The lowest BCUT2D eigenvalue weighted by Gasteiger charge is -2.35. The summed E-state index contributed by atoms with van der Waals surface area (Å²) in [7, 11) is 1.75. The van der Waals surface area contributed by atoms with E-state index in [9.17, 15) is 14.9 Å². The molecule has 0 N–H and O–H groups in total. The lowest BCUT2D eigenvalue weighted by molar-refractivity contribution is -0.384. The molecule has 10 nitrogen and oxygen atoms in total. The summed E-state index contributed by atoms with van der Waals surface area (Å²) in [4.78, 5) is 32.8. The molecule has 0 saturated carbocycles. The Bertz CT molecular complexity index is 1080. The van der Waals surface area contributed by atoms with E-state index in [1.54, 1.807) is 28.4 Å². The zero-order valence-electron chi connectivity index (χ0n) is 15.7. The number of aromatic nitrogens is 4. The van der Waals surface area contributed by atoms with Crippen LogP contribution in [0.4, 0.5) is 11.5 Å². The number of rotatable bonds is 5. The molecule has 28 heavy (non-hydrogen) atoms. The molecule has 0 unspecified atom stereocenters. The molecule has 148 valence electrons. The third-order valence-corrected chi connectivity index (χ3v) is 5.75. The Labute approximate surface area is 164 Å². The van der Waals surface area contributed by atoms with Gasteiger partial charge in [-0.1, -0.05) is 6.92 Å². The van der Waals surface area contributed by atoms with Gasteiger partial charge in [-0.15, -0.1) is 11.3 Å². The number of nitro groups is 1. The third-order valence-electron chi connectivity index (χ3n) is 4.99. The van der Waals surface area contributed by atoms with E-state index in [1.165, 1.54) is 11.3 Å². The highest BCUT2D eigenvalue weighted by atomic mass is 32.1. The maximum absolute atomic E-state index is 12.1. The molecule has 0 aliphatic carbocycles. The van der Waals surface area contributed by atoms with Crippen LogP contribution in [0.5, 0.6) is 0 Å². The molecule has 0 bridgehead atoms. The Balaban J connectivity index is 1.48. The molecule has 3 aromatic heterocycles. The van der Waals surface area contributed by atoms with Crippen LogP contribution in [-0.4, -0.2) is 55.2 Å². The van der Waals surface area contributed by atoms with Crippen molar-refractivity contribution < 1.29 is 4.92 Å². The molecule has 1 saturated heterocycles. The topological polar surface area (TPSA) is 102 Å². The molecule has 0 radical (unpaired) electrons. The van der Waals surface area contributed by atoms with Gasteiger partial charge in [0.1, 0.15) is 5.69 Å². The van der Waals surface area contributed by atoms with E-state index in [0.29, 0.717) is 42.5 Å². The van der Waals surface area contributed by atoms with Gasteiger partial charge >= 0.3 is 5.69 Å². The van der Waals surface area contributed by atoms with E-state index in [4.69, 9.17) is 0 Å². The van der Waals surface area contributed by atoms with E-state index >= 15 is 0 Å². The second-order valence-corrected chi connectivity index (χ2v) is 7.63. The summed E-state index contributed by atoms with van der Waals surface area (Å²) < 4.78 is 3.15. The molecular formula is C17H21N7O3S. The SMILES string of the molecule is CCc1nn(C)c(N2CCN(Cc3cc(=O)n4ccsc4n3)CC2)c1[N+](=O)[O-]. The third kappa shape index (κ3) is 3.27. The number of piperazine rings is 1. The molecule has 0 spiro atoms. The predicted molar refractivity (Wildman–Crippen MR) is 106 cm³/mol. The molecule has 11 heteroatoms. The van der Waals surface area contributed by atoms with Gasteiger partial charge in [0.05, 0.1) is 10.6 Å². The van der Waals surface area contributed by atoms with Crippen LogP contribution in [-0.2, 0) is 20.0 Å². The van der Waals surface area contributed by atoms with Crippen molar-refractivity contribution >= 4 is 27.8 Å². The summed E-state index contributed by atoms with van der Waals surface area (Å²) >= 11 is 1.44. The van der Waals surface area contributed by atoms with Crippen molar-refractivity contribution in [3.63, 3.8) is 0 Å². The number of hydrogen-bond acceptors (Lipinski definition) is 8. The maximum atomic E-state index is 12.1. The van der Waals surface area contributed by atoms with Crippen LogP contribution < -0.4 is 10.5 Å². The fourth-order valence-electron chi connectivity index (χ4n) is 3.65. The second kappa shape index (κ2) is 7.32. The van der Waals surface area contributed by atoms with Crippen molar-refractivity contribution in [2.24, 2.45) is 7.05 Å². The van der Waals surface area contributed by atoms with Crippen molar-refractivity contribution in [2.75, 3.05) is 31.1 Å². The van der Waals surface area contributed by atoms with Crippen molar-refractivity contribution in [2.45, 2.75) is 19.9 Å². The Kier molecular flexibility index (Phi) is 4.85. The summed E-state index contributed by atoms with van der Waals surface area (Å²) in [5.41, 5.74) is 1.30. The molecule has 0 amide bonds. The van der Waals surface area contributed by atoms with E-state index in [1.807, 2.05) is 17.2 Å². The maximum Gasteiger partial charge on any atom is 0.334 e. The highest BCUT2D eigenvalue weighted by Gasteiger charge is 2.31. The molecule has 1 aliphatic heterocycles. The highest BCUT2D eigenvalue weighted by Crippen LogP contribution is 2.32. The molecule has 0 aromatic carbocycles. The van der Waals surface area contributed by atoms with Gasteiger partial charge in [0.25, 0.3) is 5.56 Å². The standard InChI is InChI=1S/C17H21N7O3S/c1-3-13-15(24(26)27)16(20(2)19-13)22-6-4-21(5-7-22)11-12-10-14(25)23-8-9-28-17(23)18-12/h8-10H,3-7,11H2,1-2H3. The quantitative estimate of drug-likeness (QED) is 0.467. The number of aryl methyl sites for hydroxylation is 2. The minimum absolute atomic E-state index is 0.0718. The Morgan fingerprint density at radius 1 is 1.29 bits per heavy atom. The van der Waals surface area contributed by atoms with Gasteiger partial charge in [0.15, 0.2) is 4.96 Å². The van der Waals surface area contributed by atoms with Crippen LogP contribution in [0.1, 0.15) is 18.3 Å². The lowest BCUT2D eigenvalue weighted by atomic mass is 10.2. The van der Waals surface area contributed by atoms with Crippen molar-refractivity contribution in [3.8, 4) is 0 Å². The molecule has 4 rings (SSSR count). The average Bonchev–Trinajstić information content (AvgIpc) is 3.26. The molecule has 3 aromatic rings. The van der Waals surface area contributed by atoms with Crippen molar-refractivity contribution in [1.29, 1.82) is 0 Å². The summed E-state index contributed by atoms with van der Waals surface area (Å²) in [6, 6.07) is 1.57. The monoisotopic (exact) mass is 403 g/mol. The number of nitrogens with zero attached hydrogens (tertiary/aromatic N) is 7. The van der Waals surface area contributed by atoms with Crippen LogP contribution in [0, 0.1) is 10.1 Å². The Morgan fingerprint density at radius 3 is 2.71 bits per heavy atom. The van der Waals surface area contributed by atoms with Gasteiger partial charge in [-0.3, -0.25) is 24.2 Å². The Morgan fingerprint density at radius 2 is 2.04 bits per heavy atom. The molecule has 1 fully saturated rings. The summed E-state index contributed by atoms with van der Waals surface area (Å²) in [6.45, 7) is 5.24. The van der Waals surface area contributed by atoms with Gasteiger partial charge in [-0.25, -0.2) is 9.67 Å². The van der Waals surface area contributed by atoms with Gasteiger partial charge in [0, 0.05) is 57.4 Å². The van der Waals surface area contributed by atoms with Crippen LogP contribution in [0.15, 0.2) is 22.4 Å². The van der Waals surface area contributed by atoms with Crippen LogP contribution in [0.2, 0.25) is 0 Å². The summed E-state index contributed by atoms with van der Waals surface area (Å²) in [5, 5.41) is 17.7. The lowest BCUT2D eigenvalue weighted by Crippen LogP contribution is -2.46. The number of hydrogen-bond donors (Lipinski definition) is 0. The smallest absolute Gasteiger partial charge is 0.334 e. The first-order chi connectivity index (χ1) is 13.5. The minimum Gasteiger partial charge on any atom is -0.349 e. The van der Waals surface area contributed by atoms with Crippen LogP contribution >= 0.6 is 11.3 Å². The fraction of sp³-hybridized carbons (Fsp3) is 0.471. The normalized spacial score (nSPS) is 15.4. The second-order valence-electron chi connectivity index (χ2n) is 6.76. The largest absolute Gasteiger partial charge is 0.349 e. The van der Waals surface area contributed by atoms with E-state index in [2.05, 4.69) is 15.0 Å². The Hall–Kier alpha value is -2.79. The first-order valence-corrected chi connectivity index (χ1v) is 9.99. The zero-order chi connectivity index (χ0) is 19.8. The zero-order valence-corrected chi connectivity index (χ0v) is 16.6. The highest BCUT2D eigenvalue weighted by molar-refractivity contribution is 7.15. The van der Waals surface area contributed by atoms with Gasteiger partial charge in [0.2, 0.25) is 5.82 Å². The molecule has 0 atom stereocenters. The van der Waals surface area contributed by atoms with Gasteiger partial charge in [-0.05, 0) is 6.42 Å². The van der Waals surface area contributed by atoms with Gasteiger partial charge < -0.3 is 4.90 Å². The van der Waals surface area contributed by atoms with Crippen molar-refractivity contribution in [3.05, 3.63) is 49.5 Å². The number of anilines is 1. The van der Waals surface area contributed by atoms with Gasteiger partial charge in [-0.2, -0.15) is 5.10 Å². The van der Waals surface area contributed by atoms with E-state index in [0.717, 1.165) is 18.8 Å². The summed E-state index contributed by atoms with van der Waals surface area (Å²) in [6.07, 6.45) is 2.25. The van der Waals surface area contributed by atoms with Crippen molar-refractivity contribution in [1.82, 2.24) is 24.1 Å². The van der Waals surface area contributed by atoms with Crippen LogP contribution in [0.25, 0.3) is 4.96 Å². The van der Waals surface area contributed by atoms with Crippen LogP contribution in [0.3, 0.4) is 0 Å². The first-order valence-electron chi connectivity index (χ1n) is 9.11. The fourth-order valence-corrected chi connectivity index (χ4v) is 4.39.